The van der Waals surface area contributed by atoms with Crippen LogP contribution in [-0.2, 0) is 11.3 Å². The molecule has 0 spiro atoms. The molecular weight excluding hydrogens is 286 g/mol. The zero-order chi connectivity index (χ0) is 15.9. The van der Waals surface area contributed by atoms with Crippen LogP contribution >= 0.6 is 0 Å². The van der Waals surface area contributed by atoms with E-state index in [2.05, 4.69) is 27.8 Å². The number of pyridine rings is 1. The lowest BCUT2D eigenvalue weighted by atomic mass is 9.89. The van der Waals surface area contributed by atoms with Crippen LogP contribution in [0.5, 0.6) is 0 Å². The van der Waals surface area contributed by atoms with Gasteiger partial charge in [-0.05, 0) is 30.5 Å². The Hall–Kier alpha value is -2.36. The molecule has 1 aliphatic rings. The molecule has 0 atom stereocenters. The van der Waals surface area contributed by atoms with Gasteiger partial charge in [-0.3, -0.25) is 4.79 Å². The van der Waals surface area contributed by atoms with Crippen molar-refractivity contribution in [1.29, 1.82) is 0 Å². The van der Waals surface area contributed by atoms with E-state index in [0.29, 0.717) is 5.82 Å². The minimum absolute atomic E-state index is 0.113. The van der Waals surface area contributed by atoms with Crippen molar-refractivity contribution in [2.45, 2.75) is 38.6 Å². The number of benzene rings is 1. The normalized spacial score (nSPS) is 15.1. The number of hydrogen-bond acceptors (Lipinski definition) is 3. The van der Waals surface area contributed by atoms with Crippen LogP contribution in [-0.4, -0.2) is 10.9 Å². The van der Waals surface area contributed by atoms with Gasteiger partial charge in [-0.2, -0.15) is 0 Å². The molecule has 1 saturated carbocycles. The summed E-state index contributed by atoms with van der Waals surface area (Å²) in [7, 11) is 0. The van der Waals surface area contributed by atoms with Crippen molar-refractivity contribution in [2.75, 3.05) is 10.6 Å². The number of rotatable bonds is 5. The molecule has 0 saturated heterocycles. The predicted octanol–water partition coefficient (Wildman–Crippen LogP) is 4.21. The molecule has 1 amide bonds. The predicted molar refractivity (Wildman–Crippen MR) is 93.2 cm³/mol. The molecule has 1 aliphatic carbocycles. The molecule has 4 nitrogen and oxygen atoms in total. The molecular formula is C19H23N3O. The fraction of sp³-hybridized carbons (Fsp3) is 0.368. The van der Waals surface area contributed by atoms with Crippen LogP contribution in [0, 0.1) is 5.92 Å². The average Bonchev–Trinajstić information content (AvgIpc) is 2.63. The lowest BCUT2D eigenvalue weighted by Crippen LogP contribution is -2.25. The number of hydrogen-bond donors (Lipinski definition) is 2. The van der Waals surface area contributed by atoms with Crippen molar-refractivity contribution in [3.63, 3.8) is 0 Å². The molecule has 23 heavy (non-hydrogen) atoms. The number of carbonyl (C=O) groups is 1. The molecule has 1 heterocycles. The van der Waals surface area contributed by atoms with Crippen LogP contribution in [0.1, 0.15) is 37.7 Å². The second-order valence-corrected chi connectivity index (χ2v) is 6.10. The van der Waals surface area contributed by atoms with Gasteiger partial charge in [-0.25, -0.2) is 4.98 Å². The Bertz CT molecular complexity index is 619. The van der Waals surface area contributed by atoms with Gasteiger partial charge in [0, 0.05) is 12.5 Å². The number of aromatic nitrogens is 1. The Labute approximate surface area is 137 Å². The first kappa shape index (κ1) is 15.5. The Balaban J connectivity index is 1.51. The Morgan fingerprint density at radius 2 is 1.83 bits per heavy atom. The zero-order valence-electron chi connectivity index (χ0n) is 13.3. The van der Waals surface area contributed by atoms with E-state index in [4.69, 9.17) is 0 Å². The van der Waals surface area contributed by atoms with Crippen molar-refractivity contribution in [1.82, 2.24) is 4.98 Å². The van der Waals surface area contributed by atoms with Gasteiger partial charge in [0.05, 0.1) is 11.9 Å². The monoisotopic (exact) mass is 309 g/mol. The molecule has 1 fully saturated rings. The first-order valence-corrected chi connectivity index (χ1v) is 8.36. The van der Waals surface area contributed by atoms with Crippen LogP contribution in [0.4, 0.5) is 11.5 Å². The topological polar surface area (TPSA) is 54.0 Å². The molecule has 1 aromatic heterocycles. The molecule has 0 bridgehead atoms. The summed E-state index contributed by atoms with van der Waals surface area (Å²) in [5.41, 5.74) is 2.17. The van der Waals surface area contributed by atoms with E-state index in [1.165, 1.54) is 12.0 Å². The van der Waals surface area contributed by atoms with E-state index in [1.54, 1.807) is 6.20 Å². The van der Waals surface area contributed by atoms with Gasteiger partial charge in [-0.1, -0.05) is 49.6 Å². The smallest absolute Gasteiger partial charge is 0.228 e. The van der Waals surface area contributed by atoms with Crippen molar-refractivity contribution < 1.29 is 4.79 Å². The number of anilines is 2. The third-order valence-electron chi connectivity index (χ3n) is 4.33. The van der Waals surface area contributed by atoms with E-state index in [0.717, 1.165) is 37.9 Å². The highest BCUT2D eigenvalue weighted by atomic mass is 16.1. The summed E-state index contributed by atoms with van der Waals surface area (Å²) < 4.78 is 0. The molecule has 1 aromatic carbocycles. The van der Waals surface area contributed by atoms with Gasteiger partial charge in [0.1, 0.15) is 5.82 Å². The first-order valence-electron chi connectivity index (χ1n) is 8.36. The third kappa shape index (κ3) is 4.55. The summed E-state index contributed by atoms with van der Waals surface area (Å²) in [6.45, 7) is 0.760. The van der Waals surface area contributed by atoms with Gasteiger partial charge < -0.3 is 10.6 Å². The standard InChI is InChI=1S/C19H23N3O/c23-19(16-9-5-2-6-10-16)22-18-12-11-17(14-21-18)20-13-15-7-3-1-4-8-15/h1,3-4,7-8,11-12,14,16,20H,2,5-6,9-10,13H2,(H,21,22,23). The highest BCUT2D eigenvalue weighted by molar-refractivity contribution is 5.91. The van der Waals surface area contributed by atoms with Crippen LogP contribution in [0.2, 0.25) is 0 Å². The minimum atomic E-state index is 0.113. The van der Waals surface area contributed by atoms with Crippen molar-refractivity contribution >= 4 is 17.4 Å². The molecule has 0 radical (unpaired) electrons. The fourth-order valence-corrected chi connectivity index (χ4v) is 2.97. The van der Waals surface area contributed by atoms with Crippen LogP contribution < -0.4 is 10.6 Å². The summed E-state index contributed by atoms with van der Waals surface area (Å²) in [5, 5.41) is 6.26. The van der Waals surface area contributed by atoms with Gasteiger partial charge in [0.15, 0.2) is 0 Å². The fourth-order valence-electron chi connectivity index (χ4n) is 2.97. The number of carbonyl (C=O) groups excluding carboxylic acids is 1. The van der Waals surface area contributed by atoms with Gasteiger partial charge >= 0.3 is 0 Å². The number of nitrogens with zero attached hydrogens (tertiary/aromatic N) is 1. The number of nitrogens with one attached hydrogen (secondary N) is 2. The Morgan fingerprint density at radius 1 is 1.04 bits per heavy atom. The van der Waals surface area contributed by atoms with Gasteiger partial charge in [-0.15, -0.1) is 0 Å². The maximum atomic E-state index is 12.2. The second-order valence-electron chi connectivity index (χ2n) is 6.10. The van der Waals surface area contributed by atoms with E-state index < -0.39 is 0 Å². The highest BCUT2D eigenvalue weighted by Gasteiger charge is 2.21. The van der Waals surface area contributed by atoms with Crippen molar-refractivity contribution in [3.05, 3.63) is 54.2 Å². The number of amides is 1. The molecule has 2 aromatic rings. The molecule has 3 rings (SSSR count). The maximum absolute atomic E-state index is 12.2. The highest BCUT2D eigenvalue weighted by Crippen LogP contribution is 2.24. The zero-order valence-corrected chi connectivity index (χ0v) is 13.3. The van der Waals surface area contributed by atoms with Crippen molar-refractivity contribution in [2.24, 2.45) is 5.92 Å². The Kier molecular flexibility index (Phi) is 5.25. The summed E-state index contributed by atoms with van der Waals surface area (Å²) in [5.74, 6) is 0.898. The average molecular weight is 309 g/mol. The van der Waals surface area contributed by atoms with E-state index >= 15 is 0 Å². The van der Waals surface area contributed by atoms with E-state index in [-0.39, 0.29) is 11.8 Å². The van der Waals surface area contributed by atoms with E-state index in [1.807, 2.05) is 30.3 Å². The van der Waals surface area contributed by atoms with Crippen molar-refractivity contribution in [3.8, 4) is 0 Å². The maximum Gasteiger partial charge on any atom is 0.228 e. The lowest BCUT2D eigenvalue weighted by molar-refractivity contribution is -0.120. The second kappa shape index (κ2) is 7.77. The summed E-state index contributed by atoms with van der Waals surface area (Å²) in [4.78, 5) is 16.5. The SMILES string of the molecule is O=C(Nc1ccc(NCc2ccccc2)cn1)C1CCCCC1. The summed E-state index contributed by atoms with van der Waals surface area (Å²) in [6.07, 6.45) is 7.34. The molecule has 2 N–H and O–H groups in total. The van der Waals surface area contributed by atoms with Crippen LogP contribution in [0.3, 0.4) is 0 Å². The Morgan fingerprint density at radius 3 is 2.52 bits per heavy atom. The molecule has 0 unspecified atom stereocenters. The summed E-state index contributed by atoms with van der Waals surface area (Å²) >= 11 is 0. The van der Waals surface area contributed by atoms with Crippen LogP contribution in [0.25, 0.3) is 0 Å². The van der Waals surface area contributed by atoms with Crippen LogP contribution in [0.15, 0.2) is 48.7 Å². The molecule has 0 aliphatic heterocycles. The summed E-state index contributed by atoms with van der Waals surface area (Å²) in [6, 6.07) is 14.0. The van der Waals surface area contributed by atoms with E-state index in [9.17, 15) is 4.79 Å². The molecule has 4 heteroatoms. The third-order valence-corrected chi connectivity index (χ3v) is 4.33. The largest absolute Gasteiger partial charge is 0.380 e. The lowest BCUT2D eigenvalue weighted by Gasteiger charge is -2.20. The first-order chi connectivity index (χ1) is 11.3. The quantitative estimate of drug-likeness (QED) is 0.869. The van der Waals surface area contributed by atoms with Gasteiger partial charge in [0.25, 0.3) is 0 Å². The minimum Gasteiger partial charge on any atom is -0.380 e. The molecule has 120 valence electrons. The van der Waals surface area contributed by atoms with Gasteiger partial charge in [0.2, 0.25) is 5.91 Å².